The number of fused-ring (bicyclic) bond motifs is 4. The van der Waals surface area contributed by atoms with Crippen LogP contribution in [-0.2, 0) is 13.1 Å². The van der Waals surface area contributed by atoms with Gasteiger partial charge in [-0.1, -0.05) is 12.0 Å². The summed E-state index contributed by atoms with van der Waals surface area (Å²) in [4.78, 5) is 24.9. The van der Waals surface area contributed by atoms with Crippen LogP contribution in [0.1, 0.15) is 47.4 Å². The Bertz CT molecular complexity index is 2340. The van der Waals surface area contributed by atoms with Gasteiger partial charge in [-0.15, -0.1) is 6.42 Å². The minimum Gasteiger partial charge on any atom is -0.508 e. The van der Waals surface area contributed by atoms with E-state index in [-0.39, 0.29) is 82.2 Å². The van der Waals surface area contributed by atoms with E-state index in [1.165, 1.54) is 19.2 Å². The minimum atomic E-state index is -1.17. The Kier molecular flexibility index (Phi) is 8.09. The number of phenolic OH excluding ortho intramolecular Hbond substituents is 1. The second kappa shape index (κ2) is 12.6. The molecule has 1 amide bonds. The second-order valence-corrected chi connectivity index (χ2v) is 13.5. The number of terminal acetylenes is 1. The number of hydrogen-bond donors (Lipinski definition) is 2. The minimum absolute atomic E-state index is 0.00118. The summed E-state index contributed by atoms with van der Waals surface area (Å²) in [6.07, 6.45) is 6.98. The molecule has 0 unspecified atom stereocenters. The quantitative estimate of drug-likeness (QED) is 0.172. The number of nitrogens with two attached hydrogens (primary N) is 1. The highest BCUT2D eigenvalue weighted by atomic mass is 19.1. The van der Waals surface area contributed by atoms with E-state index in [2.05, 4.69) is 20.9 Å². The van der Waals surface area contributed by atoms with Crippen molar-refractivity contribution in [1.82, 2.24) is 24.6 Å². The Morgan fingerprint density at radius 1 is 1.12 bits per heavy atom. The summed E-state index contributed by atoms with van der Waals surface area (Å²) >= 11 is 0. The zero-order chi connectivity index (χ0) is 36.5. The first kappa shape index (κ1) is 33.5. The van der Waals surface area contributed by atoms with Gasteiger partial charge in [-0.05, 0) is 55.5 Å². The number of primary amides is 1. The molecule has 3 N–H and O–H groups in total. The van der Waals surface area contributed by atoms with Crippen LogP contribution in [0.15, 0.2) is 30.3 Å². The molecule has 3 aliphatic heterocycles. The number of aromatic hydroxyl groups is 1. The normalized spacial score (nSPS) is 20.2. The van der Waals surface area contributed by atoms with Gasteiger partial charge in [-0.25, -0.2) is 17.6 Å². The average Bonchev–Trinajstić information content (AvgIpc) is 3.74. The van der Waals surface area contributed by atoms with Crippen LogP contribution in [-0.4, -0.2) is 80.7 Å². The molecular weight excluding hydrogens is 682 g/mol. The van der Waals surface area contributed by atoms with E-state index in [0.717, 1.165) is 25.1 Å². The smallest absolute Gasteiger partial charge is 0.319 e. The number of aromatic nitrogens is 4. The molecule has 0 radical (unpaired) electrons. The van der Waals surface area contributed by atoms with E-state index >= 15 is 13.2 Å². The van der Waals surface area contributed by atoms with Crippen molar-refractivity contribution in [3.63, 3.8) is 0 Å². The van der Waals surface area contributed by atoms with Gasteiger partial charge in [0.1, 0.15) is 41.4 Å². The number of halogens is 4. The first-order chi connectivity index (χ1) is 25.0. The summed E-state index contributed by atoms with van der Waals surface area (Å²) in [5.41, 5.74) is 4.06. The third-order valence-electron chi connectivity index (χ3n) is 10.4. The van der Waals surface area contributed by atoms with Crippen molar-refractivity contribution in [2.24, 2.45) is 5.73 Å². The average molecular weight is 716 g/mol. The summed E-state index contributed by atoms with van der Waals surface area (Å²) in [5, 5.41) is 15.1. The van der Waals surface area contributed by atoms with E-state index in [1.54, 1.807) is 15.6 Å². The molecule has 52 heavy (non-hydrogen) atoms. The van der Waals surface area contributed by atoms with Gasteiger partial charge in [-0.3, -0.25) is 14.4 Å². The van der Waals surface area contributed by atoms with Gasteiger partial charge in [0.25, 0.3) is 5.91 Å². The fourth-order valence-corrected chi connectivity index (χ4v) is 8.13. The zero-order valence-corrected chi connectivity index (χ0v) is 28.1. The number of rotatable bonds is 7. The van der Waals surface area contributed by atoms with E-state index in [0.29, 0.717) is 31.6 Å². The number of methoxy groups -OCH3 is 1. The number of anilines is 1. The van der Waals surface area contributed by atoms with E-state index < -0.39 is 46.4 Å². The number of hydrogen-bond acceptors (Lipinski definition) is 9. The molecule has 2 fully saturated rings. The van der Waals surface area contributed by atoms with Crippen molar-refractivity contribution in [2.75, 3.05) is 38.3 Å². The predicted octanol–water partition coefficient (Wildman–Crippen LogP) is 5.22. The van der Waals surface area contributed by atoms with Gasteiger partial charge in [0.15, 0.2) is 17.4 Å². The van der Waals surface area contributed by atoms with Gasteiger partial charge in [0, 0.05) is 37.0 Å². The van der Waals surface area contributed by atoms with Crippen LogP contribution in [0.3, 0.4) is 0 Å². The lowest BCUT2D eigenvalue weighted by Crippen LogP contribution is -2.43. The monoisotopic (exact) mass is 715 g/mol. The van der Waals surface area contributed by atoms with Gasteiger partial charge in [0.05, 0.1) is 41.4 Å². The molecule has 0 saturated carbocycles. The number of aryl methyl sites for hydroxylation is 1. The second-order valence-electron chi connectivity index (χ2n) is 13.5. The molecule has 5 heterocycles. The third-order valence-corrected chi connectivity index (χ3v) is 10.4. The van der Waals surface area contributed by atoms with Crippen LogP contribution in [0.25, 0.3) is 32.8 Å². The van der Waals surface area contributed by atoms with Crippen molar-refractivity contribution in [2.45, 2.75) is 50.5 Å². The van der Waals surface area contributed by atoms with E-state index in [4.69, 9.17) is 26.6 Å². The van der Waals surface area contributed by atoms with Crippen LogP contribution in [0.4, 0.5) is 23.4 Å². The molecule has 5 aromatic rings. The number of benzene rings is 3. The molecule has 3 aliphatic rings. The zero-order valence-electron chi connectivity index (χ0n) is 28.1. The highest BCUT2D eigenvalue weighted by molar-refractivity contribution is 6.06. The Hall–Kier alpha value is -5.62. The number of alkyl halides is 1. The Labute approximate surface area is 294 Å². The third kappa shape index (κ3) is 5.31. The van der Waals surface area contributed by atoms with Crippen LogP contribution >= 0.6 is 0 Å². The van der Waals surface area contributed by atoms with E-state index in [9.17, 15) is 14.3 Å². The number of phenols is 1. The summed E-state index contributed by atoms with van der Waals surface area (Å²) in [5.74, 6) is -2.25. The molecule has 2 saturated heterocycles. The molecule has 2 aromatic heterocycles. The van der Waals surface area contributed by atoms with Crippen molar-refractivity contribution in [1.29, 1.82) is 0 Å². The first-order valence-corrected chi connectivity index (χ1v) is 16.8. The molecule has 15 heteroatoms. The van der Waals surface area contributed by atoms with Crippen molar-refractivity contribution in [3.05, 3.63) is 64.7 Å². The Morgan fingerprint density at radius 2 is 1.94 bits per heavy atom. The lowest BCUT2D eigenvalue weighted by atomic mass is 9.92. The topological polar surface area (TPSA) is 132 Å². The standard InChI is InChI=1S/C37H33F4N7O4/c1-3-23-25(39)7-6-19-12-22(49)14-24(27(19)23)28-30(40)32-29(33(51-2)31(28)41)35(46-9-5-11-48-21(17-46)13-26(45-48)34(42)50)44-36(43-32)52-18-37-8-4-10-47(37)16-20(38)15-37/h1,6-7,12-14,20,49H,4-5,8-11,15-18H2,2H3,(H2,42,50)/t20-,37+/m1/s1. The molecule has 8 rings (SSSR count). The molecule has 0 bridgehead atoms. The largest absolute Gasteiger partial charge is 0.508 e. The summed E-state index contributed by atoms with van der Waals surface area (Å²) < 4.78 is 77.3. The maximum atomic E-state index is 17.3. The fourth-order valence-electron chi connectivity index (χ4n) is 8.13. The van der Waals surface area contributed by atoms with Crippen LogP contribution in [0, 0.1) is 29.8 Å². The van der Waals surface area contributed by atoms with Gasteiger partial charge in [-0.2, -0.15) is 15.1 Å². The van der Waals surface area contributed by atoms with E-state index in [1.807, 2.05) is 0 Å². The number of amides is 1. The van der Waals surface area contributed by atoms with Gasteiger partial charge in [0.2, 0.25) is 0 Å². The molecular formula is C37H33F4N7O4. The molecule has 11 nitrogen and oxygen atoms in total. The Morgan fingerprint density at radius 3 is 2.71 bits per heavy atom. The maximum Gasteiger partial charge on any atom is 0.319 e. The molecule has 0 aliphatic carbocycles. The lowest BCUT2D eigenvalue weighted by molar-refractivity contribution is 0.0994. The van der Waals surface area contributed by atoms with Crippen molar-refractivity contribution < 1.29 is 36.9 Å². The lowest BCUT2D eigenvalue weighted by Gasteiger charge is -2.31. The predicted molar refractivity (Wildman–Crippen MR) is 183 cm³/mol. The fraction of sp³-hybridized carbons (Fsp3) is 0.351. The number of carbonyl (C=O) groups excluding carboxylic acids is 1. The molecule has 268 valence electrons. The van der Waals surface area contributed by atoms with Crippen LogP contribution in [0.5, 0.6) is 17.5 Å². The Balaban J connectivity index is 1.36. The van der Waals surface area contributed by atoms with Crippen molar-refractivity contribution in [3.8, 4) is 41.0 Å². The highest BCUT2D eigenvalue weighted by Gasteiger charge is 2.49. The number of carbonyl (C=O) groups is 1. The molecule has 3 aromatic carbocycles. The van der Waals surface area contributed by atoms with Gasteiger partial charge < -0.3 is 25.2 Å². The number of ether oxygens (including phenoxy) is 2. The van der Waals surface area contributed by atoms with Gasteiger partial charge >= 0.3 is 6.01 Å². The summed E-state index contributed by atoms with van der Waals surface area (Å²) in [7, 11) is 1.21. The maximum absolute atomic E-state index is 17.3. The van der Waals surface area contributed by atoms with Crippen LogP contribution < -0.4 is 20.1 Å². The summed E-state index contributed by atoms with van der Waals surface area (Å²) in [6, 6.07) is 6.17. The van der Waals surface area contributed by atoms with Crippen molar-refractivity contribution >= 4 is 33.4 Å². The molecule has 0 spiro atoms. The SMILES string of the molecule is C#Cc1c(F)ccc2cc(O)cc(-c3c(F)c(OC)c4c(N5CCCn6nc(C(N)=O)cc6C5)nc(OC[C@@]56CCCN5C[C@H](F)C6)nc4c3F)c12. The summed E-state index contributed by atoms with van der Waals surface area (Å²) in [6.45, 7) is 1.92. The first-order valence-electron chi connectivity index (χ1n) is 16.8. The molecule has 2 atom stereocenters. The number of nitrogens with zero attached hydrogens (tertiary/aromatic N) is 6. The highest BCUT2D eigenvalue weighted by Crippen LogP contribution is 2.47. The van der Waals surface area contributed by atoms with Crippen LogP contribution in [0.2, 0.25) is 0 Å².